The average molecular weight is 334 g/mol. The van der Waals surface area contributed by atoms with Crippen molar-refractivity contribution >= 4 is 6.03 Å². The smallest absolute Gasteiger partial charge is 0.385 e. The van der Waals surface area contributed by atoms with E-state index >= 15 is 0 Å². The molecular formula is C15H21F3N2O3. The van der Waals surface area contributed by atoms with E-state index < -0.39 is 12.8 Å². The highest BCUT2D eigenvalue weighted by Gasteiger charge is 2.27. The first-order chi connectivity index (χ1) is 10.9. The number of halogens is 3. The van der Waals surface area contributed by atoms with Gasteiger partial charge in [-0.2, -0.15) is 13.2 Å². The third-order valence-corrected chi connectivity index (χ3v) is 2.82. The van der Waals surface area contributed by atoms with Crippen molar-refractivity contribution < 1.29 is 27.4 Å². The molecule has 2 N–H and O–H groups in total. The lowest BCUT2D eigenvalue weighted by atomic mass is 10.1. The molecule has 0 aliphatic rings. The number of amides is 2. The maximum absolute atomic E-state index is 12.0. The van der Waals surface area contributed by atoms with Crippen LogP contribution in [0.5, 0.6) is 0 Å². The number of carbonyl (C=O) groups is 1. The monoisotopic (exact) mass is 334 g/mol. The highest BCUT2D eigenvalue weighted by Crippen LogP contribution is 2.15. The third-order valence-electron chi connectivity index (χ3n) is 2.82. The Hall–Kier alpha value is -1.80. The van der Waals surface area contributed by atoms with Crippen LogP contribution in [0, 0.1) is 0 Å². The average Bonchev–Trinajstić information content (AvgIpc) is 2.49. The molecule has 2 amide bonds. The van der Waals surface area contributed by atoms with Crippen LogP contribution in [0.3, 0.4) is 0 Å². The Morgan fingerprint density at radius 2 is 1.78 bits per heavy atom. The molecule has 0 unspecified atom stereocenters. The fraction of sp³-hybridized carbons (Fsp3) is 0.533. The van der Waals surface area contributed by atoms with Crippen molar-refractivity contribution in [3.05, 3.63) is 35.4 Å². The Morgan fingerprint density at radius 1 is 1.13 bits per heavy atom. The maximum Gasteiger partial charge on any atom is 0.411 e. The van der Waals surface area contributed by atoms with Gasteiger partial charge in [-0.3, -0.25) is 0 Å². The second kappa shape index (κ2) is 10.1. The summed E-state index contributed by atoms with van der Waals surface area (Å²) in [7, 11) is 1.60. The van der Waals surface area contributed by atoms with Gasteiger partial charge in [0.2, 0.25) is 0 Å². The number of urea groups is 1. The third kappa shape index (κ3) is 9.75. The first-order valence-electron chi connectivity index (χ1n) is 7.13. The Morgan fingerprint density at radius 3 is 2.39 bits per heavy atom. The van der Waals surface area contributed by atoms with E-state index in [0.29, 0.717) is 25.3 Å². The molecule has 8 heteroatoms. The molecule has 0 spiro atoms. The van der Waals surface area contributed by atoms with Crippen LogP contribution >= 0.6 is 0 Å². The SMILES string of the molecule is COCCCNC(=O)NCc1ccc(COCC(F)(F)F)cc1. The van der Waals surface area contributed by atoms with E-state index in [2.05, 4.69) is 15.4 Å². The molecular weight excluding hydrogens is 313 g/mol. The molecule has 0 fully saturated rings. The van der Waals surface area contributed by atoms with E-state index in [4.69, 9.17) is 4.74 Å². The van der Waals surface area contributed by atoms with Crippen LogP contribution < -0.4 is 10.6 Å². The number of carbonyl (C=O) groups excluding carboxylic acids is 1. The van der Waals surface area contributed by atoms with Crippen LogP contribution in [-0.4, -0.2) is 39.1 Å². The Balaban J connectivity index is 2.24. The quantitative estimate of drug-likeness (QED) is 0.683. The number of hydrogen-bond acceptors (Lipinski definition) is 3. The minimum atomic E-state index is -4.32. The van der Waals surface area contributed by atoms with E-state index in [0.717, 1.165) is 12.0 Å². The van der Waals surface area contributed by atoms with E-state index in [9.17, 15) is 18.0 Å². The summed E-state index contributed by atoms with van der Waals surface area (Å²) in [6.07, 6.45) is -3.59. The van der Waals surface area contributed by atoms with Crippen LogP contribution in [0.4, 0.5) is 18.0 Å². The summed E-state index contributed by atoms with van der Waals surface area (Å²) in [5, 5.41) is 5.37. The van der Waals surface area contributed by atoms with Crippen molar-refractivity contribution in [3.8, 4) is 0 Å². The summed E-state index contributed by atoms with van der Waals surface area (Å²) < 4.78 is 45.3. The standard InChI is InChI=1S/C15H21F3N2O3/c1-22-8-2-7-19-14(21)20-9-12-3-5-13(6-4-12)10-23-11-15(16,17)18/h3-6H,2,7-11H2,1H3,(H2,19,20,21). The van der Waals surface area contributed by atoms with Gasteiger partial charge in [0.1, 0.15) is 6.61 Å². The molecule has 0 atom stereocenters. The molecule has 0 bridgehead atoms. The minimum absolute atomic E-state index is 0.104. The molecule has 0 aliphatic heterocycles. The zero-order valence-corrected chi connectivity index (χ0v) is 12.9. The summed E-state index contributed by atoms with van der Waals surface area (Å²) in [5.74, 6) is 0. The molecule has 1 rings (SSSR count). The maximum atomic E-state index is 12.0. The number of ether oxygens (including phenoxy) is 2. The van der Waals surface area contributed by atoms with Gasteiger partial charge >= 0.3 is 12.2 Å². The van der Waals surface area contributed by atoms with Crippen molar-refractivity contribution in [2.24, 2.45) is 0 Å². The van der Waals surface area contributed by atoms with Crippen LogP contribution in [0.15, 0.2) is 24.3 Å². The molecule has 0 radical (unpaired) electrons. The van der Waals surface area contributed by atoms with Gasteiger partial charge < -0.3 is 20.1 Å². The van der Waals surface area contributed by atoms with E-state index in [1.165, 1.54) is 0 Å². The molecule has 130 valence electrons. The van der Waals surface area contributed by atoms with Crippen molar-refractivity contribution in [3.63, 3.8) is 0 Å². The zero-order valence-electron chi connectivity index (χ0n) is 12.9. The summed E-state index contributed by atoms with van der Waals surface area (Å²) in [6, 6.07) is 6.53. The van der Waals surface area contributed by atoms with Gasteiger partial charge in [-0.25, -0.2) is 4.79 Å². The lowest BCUT2D eigenvalue weighted by Gasteiger charge is -2.09. The van der Waals surface area contributed by atoms with Crippen molar-refractivity contribution in [1.29, 1.82) is 0 Å². The lowest BCUT2D eigenvalue weighted by molar-refractivity contribution is -0.176. The number of alkyl halides is 3. The second-order valence-electron chi connectivity index (χ2n) is 4.88. The fourth-order valence-electron chi connectivity index (χ4n) is 1.70. The molecule has 0 saturated heterocycles. The number of nitrogens with one attached hydrogen (secondary N) is 2. The summed E-state index contributed by atoms with van der Waals surface area (Å²) in [6.45, 7) is 0.0693. The molecule has 0 saturated carbocycles. The highest BCUT2D eigenvalue weighted by molar-refractivity contribution is 5.73. The second-order valence-corrected chi connectivity index (χ2v) is 4.88. The topological polar surface area (TPSA) is 59.6 Å². The van der Waals surface area contributed by atoms with Gasteiger partial charge in [0.25, 0.3) is 0 Å². The van der Waals surface area contributed by atoms with Gasteiger partial charge in [-0.1, -0.05) is 24.3 Å². The van der Waals surface area contributed by atoms with Crippen LogP contribution in [0.1, 0.15) is 17.5 Å². The van der Waals surface area contributed by atoms with E-state index in [1.807, 2.05) is 0 Å². The zero-order chi connectivity index (χ0) is 17.1. The van der Waals surface area contributed by atoms with Crippen LogP contribution in [-0.2, 0) is 22.6 Å². The molecule has 0 heterocycles. The molecule has 23 heavy (non-hydrogen) atoms. The van der Waals surface area contributed by atoms with Crippen molar-refractivity contribution in [2.45, 2.75) is 25.7 Å². The number of benzene rings is 1. The van der Waals surface area contributed by atoms with Crippen LogP contribution in [0.25, 0.3) is 0 Å². The fourth-order valence-corrected chi connectivity index (χ4v) is 1.70. The largest absolute Gasteiger partial charge is 0.411 e. The first kappa shape index (κ1) is 19.2. The number of methoxy groups -OCH3 is 1. The summed E-state index contributed by atoms with van der Waals surface area (Å²) >= 11 is 0. The Kier molecular flexibility index (Phi) is 8.42. The van der Waals surface area contributed by atoms with Gasteiger partial charge in [0.05, 0.1) is 6.61 Å². The van der Waals surface area contributed by atoms with Gasteiger partial charge in [-0.05, 0) is 17.5 Å². The predicted molar refractivity (Wildman–Crippen MR) is 78.9 cm³/mol. The molecule has 5 nitrogen and oxygen atoms in total. The van der Waals surface area contributed by atoms with Crippen molar-refractivity contribution in [2.75, 3.05) is 26.9 Å². The normalized spacial score (nSPS) is 11.3. The van der Waals surface area contributed by atoms with Crippen LogP contribution in [0.2, 0.25) is 0 Å². The molecule has 0 aromatic heterocycles. The molecule has 1 aromatic rings. The molecule has 0 aliphatic carbocycles. The Bertz CT molecular complexity index is 464. The molecule has 1 aromatic carbocycles. The number of rotatable bonds is 9. The van der Waals surface area contributed by atoms with E-state index in [1.54, 1.807) is 31.4 Å². The first-order valence-corrected chi connectivity index (χ1v) is 7.13. The van der Waals surface area contributed by atoms with Gasteiger partial charge in [0.15, 0.2) is 0 Å². The summed E-state index contributed by atoms with van der Waals surface area (Å²) in [5.41, 5.74) is 1.48. The summed E-state index contributed by atoms with van der Waals surface area (Å²) in [4.78, 5) is 11.5. The highest BCUT2D eigenvalue weighted by atomic mass is 19.4. The van der Waals surface area contributed by atoms with Crippen molar-refractivity contribution in [1.82, 2.24) is 10.6 Å². The van der Waals surface area contributed by atoms with Gasteiger partial charge in [-0.15, -0.1) is 0 Å². The predicted octanol–water partition coefficient (Wildman–Crippen LogP) is 2.60. The lowest BCUT2D eigenvalue weighted by Crippen LogP contribution is -2.35. The van der Waals surface area contributed by atoms with E-state index in [-0.39, 0.29) is 12.6 Å². The number of hydrogen-bond donors (Lipinski definition) is 2. The minimum Gasteiger partial charge on any atom is -0.385 e. The Labute approximate surface area is 133 Å². The van der Waals surface area contributed by atoms with Gasteiger partial charge in [0, 0.05) is 26.8 Å².